The minimum absolute atomic E-state index is 0.0528. The van der Waals surface area contributed by atoms with Crippen molar-refractivity contribution in [3.8, 4) is 0 Å². The summed E-state index contributed by atoms with van der Waals surface area (Å²) in [5, 5.41) is 11.4. The first kappa shape index (κ1) is 16.1. The van der Waals surface area contributed by atoms with Crippen LogP contribution < -0.4 is 5.32 Å². The van der Waals surface area contributed by atoms with Gasteiger partial charge >= 0.3 is 6.09 Å². The third kappa shape index (κ3) is 7.90. The normalized spacial score (nSPS) is 15.5. The Morgan fingerprint density at radius 1 is 1.35 bits per heavy atom. The Labute approximate surface area is 100 Å². The molecule has 0 radical (unpaired) electrons. The quantitative estimate of drug-likeness (QED) is 0.789. The van der Waals surface area contributed by atoms with Crippen molar-refractivity contribution in [1.29, 1.82) is 0 Å². The van der Waals surface area contributed by atoms with E-state index in [2.05, 4.69) is 5.32 Å². The molecule has 0 aliphatic carbocycles. The molecule has 2 N–H and O–H groups in total. The molecule has 0 spiro atoms. The lowest BCUT2D eigenvalue weighted by Crippen LogP contribution is -2.41. The van der Waals surface area contributed by atoms with Crippen LogP contribution in [0.1, 0.15) is 34.1 Å². The van der Waals surface area contributed by atoms with Crippen LogP contribution in [0.5, 0.6) is 0 Å². The fourth-order valence-electron chi connectivity index (χ4n) is 1.16. The van der Waals surface area contributed by atoms with E-state index in [1.165, 1.54) is 6.92 Å². The van der Waals surface area contributed by atoms with E-state index in [-0.39, 0.29) is 6.54 Å². The molecule has 0 bridgehead atoms. The number of rotatable bonds is 5. The summed E-state index contributed by atoms with van der Waals surface area (Å²) in [5.41, 5.74) is -1.67. The number of aliphatic hydroxyl groups excluding tert-OH is 1. The number of hydrogen-bond donors (Lipinski definition) is 2. The summed E-state index contributed by atoms with van der Waals surface area (Å²) in [5.74, 6) is 0. The van der Waals surface area contributed by atoms with Gasteiger partial charge in [0.25, 0.3) is 0 Å². The zero-order valence-electron chi connectivity index (χ0n) is 10.7. The van der Waals surface area contributed by atoms with E-state index in [0.29, 0.717) is 0 Å². The molecule has 17 heavy (non-hydrogen) atoms. The Hall–Kier alpha value is -0.910. The van der Waals surface area contributed by atoms with Crippen LogP contribution in [0.3, 0.4) is 0 Å². The number of aliphatic hydroxyl groups is 1. The first-order valence-electron chi connectivity index (χ1n) is 5.44. The number of ether oxygens (including phenoxy) is 1. The maximum absolute atomic E-state index is 12.3. The second-order valence-electron chi connectivity index (χ2n) is 5.42. The fourth-order valence-corrected chi connectivity index (χ4v) is 1.16. The second-order valence-corrected chi connectivity index (χ2v) is 5.42. The fraction of sp³-hybridized carbons (Fsp3) is 0.909. The van der Waals surface area contributed by atoms with Gasteiger partial charge < -0.3 is 15.2 Å². The van der Waals surface area contributed by atoms with Gasteiger partial charge in [-0.05, 0) is 20.8 Å². The zero-order valence-corrected chi connectivity index (χ0v) is 10.7. The molecule has 1 unspecified atom stereocenters. The number of carbonyl (C=O) groups is 1. The minimum Gasteiger partial charge on any atom is -0.444 e. The Balaban J connectivity index is 4.19. The molecule has 0 aromatic rings. The van der Waals surface area contributed by atoms with Gasteiger partial charge in [-0.3, -0.25) is 0 Å². The Morgan fingerprint density at radius 3 is 2.24 bits per heavy atom. The van der Waals surface area contributed by atoms with Gasteiger partial charge in [0.05, 0.1) is 6.61 Å². The van der Waals surface area contributed by atoms with E-state index in [0.717, 1.165) is 0 Å². The first-order valence-corrected chi connectivity index (χ1v) is 5.44. The van der Waals surface area contributed by atoms with Gasteiger partial charge in [-0.25, -0.2) is 13.6 Å². The highest BCUT2D eigenvalue weighted by Gasteiger charge is 2.29. The molecule has 0 saturated heterocycles. The van der Waals surface area contributed by atoms with Crippen molar-refractivity contribution in [1.82, 2.24) is 5.32 Å². The van der Waals surface area contributed by atoms with E-state index in [4.69, 9.17) is 9.84 Å². The van der Waals surface area contributed by atoms with E-state index >= 15 is 0 Å². The van der Waals surface area contributed by atoms with Crippen LogP contribution in [0.4, 0.5) is 13.6 Å². The summed E-state index contributed by atoms with van der Waals surface area (Å²) >= 11 is 0. The maximum atomic E-state index is 12.3. The van der Waals surface area contributed by atoms with E-state index in [1.54, 1.807) is 20.8 Å². The Kier molecular flexibility index (Phi) is 5.81. The predicted octanol–water partition coefficient (Wildman–Crippen LogP) is 2.16. The third-order valence-electron chi connectivity index (χ3n) is 2.09. The van der Waals surface area contributed by atoms with Gasteiger partial charge in [0.1, 0.15) is 5.60 Å². The van der Waals surface area contributed by atoms with Crippen LogP contribution in [0.15, 0.2) is 0 Å². The number of amides is 1. The molecule has 0 heterocycles. The number of carbonyl (C=O) groups excluding carboxylic acids is 1. The highest BCUT2D eigenvalue weighted by Crippen LogP contribution is 2.23. The van der Waals surface area contributed by atoms with Crippen molar-refractivity contribution in [2.24, 2.45) is 5.41 Å². The maximum Gasteiger partial charge on any atom is 0.407 e. The molecule has 0 fully saturated rings. The third-order valence-corrected chi connectivity index (χ3v) is 2.09. The largest absolute Gasteiger partial charge is 0.444 e. The highest BCUT2D eigenvalue weighted by molar-refractivity contribution is 5.67. The number of nitrogens with one attached hydrogen (secondary N) is 1. The van der Waals surface area contributed by atoms with Crippen LogP contribution >= 0.6 is 0 Å². The topological polar surface area (TPSA) is 58.6 Å². The molecule has 0 saturated carbocycles. The number of alkyl halides is 2. The molecule has 1 atom stereocenters. The highest BCUT2D eigenvalue weighted by atomic mass is 19.3. The molecule has 0 rings (SSSR count). The van der Waals surface area contributed by atoms with E-state index in [1.807, 2.05) is 0 Å². The van der Waals surface area contributed by atoms with Crippen molar-refractivity contribution >= 4 is 6.09 Å². The van der Waals surface area contributed by atoms with Gasteiger partial charge in [-0.2, -0.15) is 0 Å². The van der Waals surface area contributed by atoms with Crippen LogP contribution in [0.2, 0.25) is 0 Å². The van der Waals surface area contributed by atoms with Crippen molar-refractivity contribution < 1.29 is 23.4 Å². The first-order chi connectivity index (χ1) is 7.58. The van der Waals surface area contributed by atoms with Crippen LogP contribution in [0, 0.1) is 5.41 Å². The summed E-state index contributed by atoms with van der Waals surface area (Å²) in [6.45, 7) is 6.12. The van der Waals surface area contributed by atoms with Crippen LogP contribution in [-0.2, 0) is 4.74 Å². The number of halogens is 2. The average molecular weight is 253 g/mol. The summed E-state index contributed by atoms with van der Waals surface area (Å²) in [7, 11) is 0. The molecule has 0 aromatic carbocycles. The molecule has 1 amide bonds. The molecular formula is C11H21F2NO3. The monoisotopic (exact) mass is 253 g/mol. The SMILES string of the molecule is CC(CO)(CNC(=O)OC(C)(C)C)CC(F)F. The minimum atomic E-state index is -2.52. The van der Waals surface area contributed by atoms with Crippen molar-refractivity contribution in [3.05, 3.63) is 0 Å². The second kappa shape index (κ2) is 6.14. The lowest BCUT2D eigenvalue weighted by molar-refractivity contribution is 0.0302. The van der Waals surface area contributed by atoms with Gasteiger partial charge in [0, 0.05) is 18.4 Å². The molecule has 102 valence electrons. The van der Waals surface area contributed by atoms with Gasteiger partial charge in [0.15, 0.2) is 0 Å². The Morgan fingerprint density at radius 2 is 1.88 bits per heavy atom. The van der Waals surface area contributed by atoms with Crippen LogP contribution in [-0.4, -0.2) is 36.4 Å². The van der Waals surface area contributed by atoms with Crippen molar-refractivity contribution in [2.75, 3.05) is 13.2 Å². The summed E-state index contributed by atoms with van der Waals surface area (Å²) in [4.78, 5) is 11.3. The number of alkyl carbamates (subject to hydrolysis) is 1. The summed E-state index contributed by atoms with van der Waals surface area (Å²) in [6.07, 6.45) is -3.67. The van der Waals surface area contributed by atoms with Gasteiger partial charge in [0.2, 0.25) is 6.43 Å². The zero-order chi connectivity index (χ0) is 13.7. The molecule has 6 heteroatoms. The summed E-state index contributed by atoms with van der Waals surface area (Å²) in [6, 6.07) is 0. The molecule has 4 nitrogen and oxygen atoms in total. The molecule has 0 aromatic heterocycles. The van der Waals surface area contributed by atoms with E-state index in [9.17, 15) is 13.6 Å². The van der Waals surface area contributed by atoms with Gasteiger partial charge in [-0.1, -0.05) is 6.92 Å². The van der Waals surface area contributed by atoms with E-state index < -0.39 is 36.6 Å². The molecular weight excluding hydrogens is 232 g/mol. The summed E-state index contributed by atoms with van der Waals surface area (Å²) < 4.78 is 29.5. The Bertz CT molecular complexity index is 254. The van der Waals surface area contributed by atoms with Crippen LogP contribution in [0.25, 0.3) is 0 Å². The standard InChI is InChI=1S/C11H21F2NO3/c1-10(2,3)17-9(16)14-6-11(4,7-15)5-8(12)13/h8,15H,5-7H2,1-4H3,(H,14,16). The smallest absolute Gasteiger partial charge is 0.407 e. The number of hydrogen-bond acceptors (Lipinski definition) is 3. The molecule has 0 aliphatic rings. The van der Waals surface area contributed by atoms with Crippen molar-refractivity contribution in [3.63, 3.8) is 0 Å². The van der Waals surface area contributed by atoms with Crippen molar-refractivity contribution in [2.45, 2.75) is 46.1 Å². The lowest BCUT2D eigenvalue weighted by atomic mass is 9.88. The average Bonchev–Trinajstić information content (AvgIpc) is 2.11. The lowest BCUT2D eigenvalue weighted by Gasteiger charge is -2.28. The molecule has 0 aliphatic heterocycles. The predicted molar refractivity (Wildman–Crippen MR) is 60.1 cm³/mol. The van der Waals surface area contributed by atoms with Gasteiger partial charge in [-0.15, -0.1) is 0 Å².